The summed E-state index contributed by atoms with van der Waals surface area (Å²) in [5, 5.41) is 8.82. The van der Waals surface area contributed by atoms with Crippen LogP contribution in [-0.2, 0) is 10.2 Å². The van der Waals surface area contributed by atoms with Gasteiger partial charge in [-0.05, 0) is 43.0 Å². The average molecular weight is 310 g/mol. The van der Waals surface area contributed by atoms with Crippen LogP contribution in [0.5, 0.6) is 0 Å². The van der Waals surface area contributed by atoms with Crippen molar-refractivity contribution in [3.63, 3.8) is 0 Å². The van der Waals surface area contributed by atoms with E-state index >= 15 is 0 Å². The molecule has 2 aliphatic carbocycles. The van der Waals surface area contributed by atoms with Crippen LogP contribution < -0.4 is 0 Å². The molecule has 4 heteroatoms. The molecule has 0 aliphatic heterocycles. The molecule has 0 unspecified atom stereocenters. The molecule has 3 nitrogen and oxygen atoms in total. The zero-order chi connectivity index (χ0) is 16.0. The van der Waals surface area contributed by atoms with Crippen molar-refractivity contribution >= 4 is 0 Å². The summed E-state index contributed by atoms with van der Waals surface area (Å²) in [6.07, 6.45) is 3.03. The fourth-order valence-electron chi connectivity index (χ4n) is 4.20. The van der Waals surface area contributed by atoms with Gasteiger partial charge in [-0.25, -0.2) is 4.39 Å². The van der Waals surface area contributed by atoms with E-state index < -0.39 is 0 Å². The van der Waals surface area contributed by atoms with E-state index in [2.05, 4.69) is 16.8 Å². The Labute approximate surface area is 135 Å². The van der Waals surface area contributed by atoms with E-state index in [0.717, 1.165) is 25.0 Å². The van der Waals surface area contributed by atoms with E-state index in [4.69, 9.17) is 4.74 Å². The SMILES string of the molecule is C=C1[C@@H]2CC[C@@]1(CCOC)c1nnc(-c3ccccc3F)cc12. The van der Waals surface area contributed by atoms with Crippen LogP contribution in [0.3, 0.4) is 0 Å². The molecule has 2 bridgehead atoms. The van der Waals surface area contributed by atoms with Crippen LogP contribution in [0, 0.1) is 5.82 Å². The number of nitrogens with zero attached hydrogens (tertiary/aromatic N) is 2. The smallest absolute Gasteiger partial charge is 0.132 e. The molecule has 0 saturated heterocycles. The Bertz CT molecular complexity index is 789. The van der Waals surface area contributed by atoms with Gasteiger partial charge in [-0.1, -0.05) is 24.3 Å². The third-order valence-corrected chi connectivity index (χ3v) is 5.43. The van der Waals surface area contributed by atoms with Crippen molar-refractivity contribution in [3.8, 4) is 11.3 Å². The van der Waals surface area contributed by atoms with Crippen LogP contribution in [0.1, 0.15) is 36.4 Å². The summed E-state index contributed by atoms with van der Waals surface area (Å²) < 4.78 is 19.3. The molecule has 1 saturated carbocycles. The summed E-state index contributed by atoms with van der Waals surface area (Å²) in [5.74, 6) is 0.0562. The molecule has 0 amide bonds. The average Bonchev–Trinajstić information content (AvgIpc) is 3.02. The maximum atomic E-state index is 14.0. The molecule has 4 rings (SSSR count). The van der Waals surface area contributed by atoms with Crippen molar-refractivity contribution in [1.29, 1.82) is 0 Å². The number of hydrogen-bond acceptors (Lipinski definition) is 3. The maximum absolute atomic E-state index is 14.0. The lowest BCUT2D eigenvalue weighted by molar-refractivity contribution is 0.174. The fraction of sp³-hybridized carbons (Fsp3) is 0.368. The minimum Gasteiger partial charge on any atom is -0.385 e. The topological polar surface area (TPSA) is 35.0 Å². The molecule has 2 aromatic rings. The van der Waals surface area contributed by atoms with Crippen LogP contribution in [0.25, 0.3) is 11.3 Å². The predicted molar refractivity (Wildman–Crippen MR) is 86.7 cm³/mol. The second-order valence-electron chi connectivity index (χ2n) is 6.45. The highest BCUT2D eigenvalue weighted by molar-refractivity contribution is 5.64. The molecular weight excluding hydrogens is 291 g/mol. The van der Waals surface area contributed by atoms with Gasteiger partial charge >= 0.3 is 0 Å². The van der Waals surface area contributed by atoms with Gasteiger partial charge in [-0.3, -0.25) is 0 Å². The van der Waals surface area contributed by atoms with E-state index in [-0.39, 0.29) is 11.2 Å². The van der Waals surface area contributed by atoms with Gasteiger partial charge in [0.05, 0.1) is 11.4 Å². The van der Waals surface area contributed by atoms with Crippen LogP contribution in [0.4, 0.5) is 4.39 Å². The lowest BCUT2D eigenvalue weighted by atomic mass is 9.79. The van der Waals surface area contributed by atoms with Gasteiger partial charge in [0, 0.05) is 30.6 Å². The van der Waals surface area contributed by atoms with Crippen molar-refractivity contribution < 1.29 is 9.13 Å². The first-order valence-corrected chi connectivity index (χ1v) is 7.98. The first-order chi connectivity index (χ1) is 11.2. The Morgan fingerprint density at radius 2 is 2.17 bits per heavy atom. The molecule has 2 aliphatic rings. The van der Waals surface area contributed by atoms with Gasteiger partial charge in [0.2, 0.25) is 0 Å². The van der Waals surface area contributed by atoms with E-state index in [1.165, 1.54) is 17.2 Å². The van der Waals surface area contributed by atoms with Crippen LogP contribution in [0.2, 0.25) is 0 Å². The number of halogens is 1. The van der Waals surface area contributed by atoms with Gasteiger partial charge < -0.3 is 4.74 Å². The summed E-state index contributed by atoms with van der Waals surface area (Å²) in [4.78, 5) is 0. The Hall–Kier alpha value is -2.07. The number of rotatable bonds is 4. The molecule has 1 aromatic heterocycles. The number of hydrogen-bond donors (Lipinski definition) is 0. The lowest BCUT2D eigenvalue weighted by Gasteiger charge is -2.27. The van der Waals surface area contributed by atoms with Crippen LogP contribution >= 0.6 is 0 Å². The summed E-state index contributed by atoms with van der Waals surface area (Å²) in [6, 6.07) is 8.70. The number of fused-ring (bicyclic) bond motifs is 5. The third-order valence-electron chi connectivity index (χ3n) is 5.43. The van der Waals surface area contributed by atoms with E-state index in [1.54, 1.807) is 19.2 Å². The molecule has 0 spiro atoms. The molecule has 0 radical (unpaired) electrons. The number of aromatic nitrogens is 2. The minimum atomic E-state index is -0.266. The van der Waals surface area contributed by atoms with Gasteiger partial charge in [-0.15, -0.1) is 0 Å². The molecule has 1 heterocycles. The molecule has 118 valence electrons. The normalized spacial score (nSPS) is 25.0. The molecule has 23 heavy (non-hydrogen) atoms. The first kappa shape index (κ1) is 14.5. The zero-order valence-electron chi connectivity index (χ0n) is 13.2. The van der Waals surface area contributed by atoms with Gasteiger partial charge in [0.15, 0.2) is 0 Å². The predicted octanol–water partition coefficient (Wildman–Crippen LogP) is 4.00. The Balaban J connectivity index is 1.80. The standard InChI is InChI=1S/C19H19FN2O/c1-12-13-7-8-19(12,9-10-23-2)18-15(13)11-17(21-22-18)14-5-3-4-6-16(14)20/h3-6,11,13H,1,7-10H2,2H3/t13-,19-/m0/s1. The largest absolute Gasteiger partial charge is 0.385 e. The number of allylic oxidation sites excluding steroid dienone is 1. The molecular formula is C19H19FN2O. The Morgan fingerprint density at radius 1 is 1.35 bits per heavy atom. The summed E-state index contributed by atoms with van der Waals surface area (Å²) in [7, 11) is 1.72. The highest BCUT2D eigenvalue weighted by atomic mass is 19.1. The minimum absolute atomic E-state index is 0.100. The van der Waals surface area contributed by atoms with Crippen LogP contribution in [0.15, 0.2) is 42.5 Å². The van der Waals surface area contributed by atoms with Gasteiger partial charge in [-0.2, -0.15) is 10.2 Å². The van der Waals surface area contributed by atoms with Crippen molar-refractivity contribution in [1.82, 2.24) is 10.2 Å². The molecule has 1 fully saturated rings. The van der Waals surface area contributed by atoms with Crippen molar-refractivity contribution in [2.45, 2.75) is 30.6 Å². The van der Waals surface area contributed by atoms with Crippen LogP contribution in [-0.4, -0.2) is 23.9 Å². The van der Waals surface area contributed by atoms with E-state index in [1.807, 2.05) is 12.1 Å². The highest BCUT2D eigenvalue weighted by Gasteiger charge is 2.53. The number of methoxy groups -OCH3 is 1. The van der Waals surface area contributed by atoms with Gasteiger partial charge in [0.1, 0.15) is 5.82 Å². The lowest BCUT2D eigenvalue weighted by Crippen LogP contribution is -2.26. The monoisotopic (exact) mass is 310 g/mol. The van der Waals surface area contributed by atoms with Gasteiger partial charge in [0.25, 0.3) is 0 Å². The molecule has 0 N–H and O–H groups in total. The van der Waals surface area contributed by atoms with Crippen molar-refractivity contribution in [2.24, 2.45) is 0 Å². The van der Waals surface area contributed by atoms with E-state index in [9.17, 15) is 4.39 Å². The Morgan fingerprint density at radius 3 is 2.96 bits per heavy atom. The summed E-state index contributed by atoms with van der Waals surface area (Å²) in [6.45, 7) is 5.02. The number of ether oxygens (including phenoxy) is 1. The first-order valence-electron chi connectivity index (χ1n) is 7.98. The summed E-state index contributed by atoms with van der Waals surface area (Å²) >= 11 is 0. The van der Waals surface area contributed by atoms with E-state index in [0.29, 0.717) is 23.8 Å². The Kier molecular flexibility index (Phi) is 3.31. The second kappa shape index (κ2) is 5.24. The fourth-order valence-corrected chi connectivity index (χ4v) is 4.20. The molecule has 1 aromatic carbocycles. The quantitative estimate of drug-likeness (QED) is 0.801. The number of benzene rings is 1. The third kappa shape index (κ3) is 1.98. The zero-order valence-corrected chi connectivity index (χ0v) is 13.2. The van der Waals surface area contributed by atoms with Crippen molar-refractivity contribution in [2.75, 3.05) is 13.7 Å². The van der Waals surface area contributed by atoms with Crippen molar-refractivity contribution in [3.05, 3.63) is 59.6 Å². The molecule has 2 atom stereocenters. The summed E-state index contributed by atoms with van der Waals surface area (Å²) in [5.41, 5.74) is 4.42. The second-order valence-corrected chi connectivity index (χ2v) is 6.45. The maximum Gasteiger partial charge on any atom is 0.132 e. The highest BCUT2D eigenvalue weighted by Crippen LogP contribution is 2.61.